The molecule has 1 heterocycles. The van der Waals surface area contributed by atoms with Gasteiger partial charge in [0.2, 0.25) is 0 Å². The molecule has 64 valence electrons. The Bertz CT molecular complexity index is 301. The zero-order valence-electron chi connectivity index (χ0n) is 6.26. The lowest BCUT2D eigenvalue weighted by molar-refractivity contribution is 0.285. The largest absolute Gasteiger partial charge is 0.486 e. The van der Waals surface area contributed by atoms with Gasteiger partial charge in [0, 0.05) is 6.20 Å². The molecule has 0 unspecified atom stereocenters. The van der Waals surface area contributed by atoms with Crippen molar-refractivity contribution in [2.45, 2.75) is 18.9 Å². The maximum atomic E-state index is 13.2. The van der Waals surface area contributed by atoms with Crippen LogP contribution in [0.5, 0.6) is 5.75 Å². The maximum absolute atomic E-state index is 13.2. The van der Waals surface area contributed by atoms with Gasteiger partial charge >= 0.3 is 0 Å². The van der Waals surface area contributed by atoms with Gasteiger partial charge in [0.25, 0.3) is 0 Å². The van der Waals surface area contributed by atoms with E-state index in [1.165, 1.54) is 12.4 Å². The molecule has 0 radical (unpaired) electrons. The number of pyridine rings is 1. The highest BCUT2D eigenvalue weighted by Crippen LogP contribution is 2.30. The molecular weight excluding hydrogens is 225 g/mol. The molecule has 0 aromatic carbocycles. The van der Waals surface area contributed by atoms with Crippen LogP contribution in [0.2, 0.25) is 0 Å². The number of hydrogen-bond acceptors (Lipinski definition) is 2. The summed E-state index contributed by atoms with van der Waals surface area (Å²) in [6.45, 7) is 0. The number of hydrogen-bond donors (Lipinski definition) is 0. The zero-order chi connectivity index (χ0) is 8.55. The summed E-state index contributed by atoms with van der Waals surface area (Å²) in [5.74, 6) is -0.122. The van der Waals surface area contributed by atoms with E-state index >= 15 is 0 Å². The van der Waals surface area contributed by atoms with Crippen molar-refractivity contribution >= 4 is 15.9 Å². The van der Waals surface area contributed by atoms with Crippen molar-refractivity contribution in [3.05, 3.63) is 22.7 Å². The van der Waals surface area contributed by atoms with Crippen LogP contribution in [0.1, 0.15) is 12.8 Å². The molecule has 2 rings (SSSR count). The summed E-state index contributed by atoms with van der Waals surface area (Å²) in [5, 5.41) is 0. The highest BCUT2D eigenvalue weighted by molar-refractivity contribution is 9.10. The normalized spacial score (nSPS) is 16.2. The minimum absolute atomic E-state index is 0.204. The molecular formula is C8H7BrFNO. The van der Waals surface area contributed by atoms with E-state index in [0.717, 1.165) is 12.8 Å². The Morgan fingerprint density at radius 3 is 2.92 bits per heavy atom. The fourth-order valence-electron chi connectivity index (χ4n) is 0.849. The Labute approximate surface area is 77.9 Å². The van der Waals surface area contributed by atoms with Crippen molar-refractivity contribution in [3.63, 3.8) is 0 Å². The molecule has 0 saturated heterocycles. The molecule has 0 amide bonds. The summed E-state index contributed by atoms with van der Waals surface area (Å²) in [6, 6.07) is 0. The van der Waals surface area contributed by atoms with Gasteiger partial charge in [0.1, 0.15) is 0 Å². The Balaban J connectivity index is 2.23. The lowest BCUT2D eigenvalue weighted by atomic mass is 10.4. The fourth-order valence-corrected chi connectivity index (χ4v) is 1.16. The van der Waals surface area contributed by atoms with Gasteiger partial charge in [-0.05, 0) is 28.8 Å². The van der Waals surface area contributed by atoms with Gasteiger partial charge in [-0.15, -0.1) is 0 Å². The molecule has 1 aliphatic carbocycles. The number of ether oxygens (including phenoxy) is 1. The molecule has 1 fully saturated rings. The highest BCUT2D eigenvalue weighted by atomic mass is 79.9. The summed E-state index contributed by atoms with van der Waals surface area (Å²) >= 11 is 3.04. The first-order valence-corrected chi connectivity index (χ1v) is 4.52. The van der Waals surface area contributed by atoms with Crippen LogP contribution in [-0.4, -0.2) is 11.1 Å². The molecule has 0 aliphatic heterocycles. The van der Waals surface area contributed by atoms with Gasteiger partial charge in [-0.1, -0.05) is 0 Å². The molecule has 2 nitrogen and oxygen atoms in total. The van der Waals surface area contributed by atoms with E-state index in [0.29, 0.717) is 4.47 Å². The average Bonchev–Trinajstić information content (AvgIpc) is 2.83. The van der Waals surface area contributed by atoms with Crippen LogP contribution < -0.4 is 4.74 Å². The molecule has 1 aromatic rings. The first kappa shape index (κ1) is 7.98. The lowest BCUT2D eigenvalue weighted by Gasteiger charge is -2.04. The predicted molar refractivity (Wildman–Crippen MR) is 45.5 cm³/mol. The van der Waals surface area contributed by atoms with Crippen molar-refractivity contribution < 1.29 is 9.13 Å². The van der Waals surface area contributed by atoms with Gasteiger partial charge in [-0.25, -0.2) is 4.39 Å². The van der Waals surface area contributed by atoms with Crippen LogP contribution in [0.25, 0.3) is 0 Å². The van der Waals surface area contributed by atoms with Gasteiger partial charge in [-0.2, -0.15) is 0 Å². The molecule has 4 heteroatoms. The zero-order valence-corrected chi connectivity index (χ0v) is 7.84. The lowest BCUT2D eigenvalue weighted by Crippen LogP contribution is -1.99. The third-order valence-corrected chi connectivity index (χ3v) is 2.18. The first-order valence-electron chi connectivity index (χ1n) is 3.73. The van der Waals surface area contributed by atoms with E-state index < -0.39 is 0 Å². The molecule has 0 bridgehead atoms. The van der Waals surface area contributed by atoms with Crippen molar-refractivity contribution in [2.24, 2.45) is 0 Å². The van der Waals surface area contributed by atoms with Crippen molar-refractivity contribution in [1.82, 2.24) is 4.98 Å². The van der Waals surface area contributed by atoms with E-state index in [4.69, 9.17) is 4.74 Å². The second-order valence-electron chi connectivity index (χ2n) is 2.75. The van der Waals surface area contributed by atoms with Gasteiger partial charge in [-0.3, -0.25) is 4.98 Å². The fraction of sp³-hybridized carbons (Fsp3) is 0.375. The number of rotatable bonds is 2. The molecule has 12 heavy (non-hydrogen) atoms. The third kappa shape index (κ3) is 1.58. The van der Waals surface area contributed by atoms with E-state index in [-0.39, 0.29) is 17.7 Å². The van der Waals surface area contributed by atoms with Crippen LogP contribution in [0, 0.1) is 5.82 Å². The van der Waals surface area contributed by atoms with Crippen LogP contribution >= 0.6 is 15.9 Å². The van der Waals surface area contributed by atoms with Gasteiger partial charge in [0.05, 0.1) is 16.8 Å². The maximum Gasteiger partial charge on any atom is 0.182 e. The summed E-state index contributed by atoms with van der Waals surface area (Å²) in [4.78, 5) is 3.81. The molecule has 1 aromatic heterocycles. The molecule has 0 N–H and O–H groups in total. The smallest absolute Gasteiger partial charge is 0.182 e. The SMILES string of the molecule is Fc1c(Br)cncc1OC1CC1. The molecule has 1 saturated carbocycles. The van der Waals surface area contributed by atoms with Crippen molar-refractivity contribution in [1.29, 1.82) is 0 Å². The number of halogens is 2. The molecule has 0 spiro atoms. The minimum Gasteiger partial charge on any atom is -0.486 e. The molecule has 0 atom stereocenters. The van der Waals surface area contributed by atoms with E-state index in [9.17, 15) is 4.39 Å². The van der Waals surface area contributed by atoms with Crippen molar-refractivity contribution in [3.8, 4) is 5.75 Å². The van der Waals surface area contributed by atoms with Gasteiger partial charge < -0.3 is 4.74 Å². The van der Waals surface area contributed by atoms with Gasteiger partial charge in [0.15, 0.2) is 11.6 Å². The van der Waals surface area contributed by atoms with Crippen LogP contribution in [-0.2, 0) is 0 Å². The van der Waals surface area contributed by atoms with E-state index in [1.54, 1.807) is 0 Å². The third-order valence-electron chi connectivity index (χ3n) is 1.62. The van der Waals surface area contributed by atoms with Crippen LogP contribution in [0.15, 0.2) is 16.9 Å². The Kier molecular flexibility index (Phi) is 2.00. The van der Waals surface area contributed by atoms with Crippen LogP contribution in [0.4, 0.5) is 4.39 Å². The minimum atomic E-state index is -0.364. The average molecular weight is 232 g/mol. The Morgan fingerprint density at radius 1 is 1.50 bits per heavy atom. The number of nitrogens with zero attached hydrogens (tertiary/aromatic N) is 1. The summed E-state index contributed by atoms with van der Waals surface area (Å²) in [7, 11) is 0. The van der Waals surface area contributed by atoms with E-state index in [1.807, 2.05) is 0 Å². The van der Waals surface area contributed by atoms with E-state index in [2.05, 4.69) is 20.9 Å². The topological polar surface area (TPSA) is 22.1 Å². The van der Waals surface area contributed by atoms with Crippen molar-refractivity contribution in [2.75, 3.05) is 0 Å². The second-order valence-corrected chi connectivity index (χ2v) is 3.60. The number of aromatic nitrogens is 1. The Hall–Kier alpha value is -0.640. The molecule has 1 aliphatic rings. The second kappa shape index (κ2) is 3.01. The summed E-state index contributed by atoms with van der Waals surface area (Å²) in [6.07, 6.45) is 5.06. The highest BCUT2D eigenvalue weighted by Gasteiger charge is 2.25. The standard InChI is InChI=1S/C8H7BrFNO/c9-6-3-11-4-7(8(6)10)12-5-1-2-5/h3-5H,1-2H2. The summed E-state index contributed by atoms with van der Waals surface area (Å²) < 4.78 is 18.8. The summed E-state index contributed by atoms with van der Waals surface area (Å²) in [5.41, 5.74) is 0. The quantitative estimate of drug-likeness (QED) is 0.781. The Morgan fingerprint density at radius 2 is 2.25 bits per heavy atom. The van der Waals surface area contributed by atoms with Crippen LogP contribution in [0.3, 0.4) is 0 Å². The first-order chi connectivity index (χ1) is 5.77. The monoisotopic (exact) mass is 231 g/mol. The predicted octanol–water partition coefficient (Wildman–Crippen LogP) is 2.52.